The Bertz CT molecular complexity index is 742. The quantitative estimate of drug-likeness (QED) is 0.342. The molecule has 0 saturated heterocycles. The van der Waals surface area contributed by atoms with Crippen LogP contribution in [0.15, 0.2) is 48.5 Å². The van der Waals surface area contributed by atoms with Crippen molar-refractivity contribution in [2.45, 2.75) is 84.5 Å². The standard InChI is InChI=1S/C29H44N2/c1-3-12-24(13-4-2)22-30-28-18-10-8-16-26(28)20-21-27-17-9-11-19-29(27)31-23-25-14-6-5-7-15-25/h8-11,16-19,24-25,30-31H,3-7,12-15,20-23H2,1-2H3. The minimum Gasteiger partial charge on any atom is -0.385 e. The molecule has 2 aromatic rings. The van der Waals surface area contributed by atoms with E-state index < -0.39 is 0 Å². The van der Waals surface area contributed by atoms with Crippen molar-refractivity contribution in [3.63, 3.8) is 0 Å². The summed E-state index contributed by atoms with van der Waals surface area (Å²) in [5.74, 6) is 1.64. The first-order valence-electron chi connectivity index (χ1n) is 12.9. The smallest absolute Gasteiger partial charge is 0.0372 e. The molecule has 0 radical (unpaired) electrons. The van der Waals surface area contributed by atoms with Crippen LogP contribution in [-0.2, 0) is 12.8 Å². The Morgan fingerprint density at radius 1 is 0.742 bits per heavy atom. The van der Waals surface area contributed by atoms with Gasteiger partial charge >= 0.3 is 0 Å². The van der Waals surface area contributed by atoms with Crippen LogP contribution in [-0.4, -0.2) is 13.1 Å². The molecule has 0 spiro atoms. The molecule has 1 aliphatic carbocycles. The first-order valence-corrected chi connectivity index (χ1v) is 12.9. The van der Waals surface area contributed by atoms with Gasteiger partial charge in [0, 0.05) is 24.5 Å². The fourth-order valence-electron chi connectivity index (χ4n) is 5.16. The fraction of sp³-hybridized carbons (Fsp3) is 0.586. The number of hydrogen-bond acceptors (Lipinski definition) is 2. The van der Waals surface area contributed by atoms with Crippen molar-refractivity contribution in [2.75, 3.05) is 23.7 Å². The van der Waals surface area contributed by atoms with Crippen LogP contribution in [0.2, 0.25) is 0 Å². The number of anilines is 2. The molecule has 31 heavy (non-hydrogen) atoms. The van der Waals surface area contributed by atoms with Crippen molar-refractivity contribution in [3.05, 3.63) is 59.7 Å². The molecule has 0 aliphatic heterocycles. The molecule has 0 unspecified atom stereocenters. The van der Waals surface area contributed by atoms with Crippen molar-refractivity contribution in [1.82, 2.24) is 0 Å². The van der Waals surface area contributed by atoms with Crippen LogP contribution < -0.4 is 10.6 Å². The van der Waals surface area contributed by atoms with Crippen LogP contribution in [0.1, 0.15) is 82.8 Å². The van der Waals surface area contributed by atoms with Gasteiger partial charge in [-0.05, 0) is 73.6 Å². The van der Waals surface area contributed by atoms with Crippen molar-refractivity contribution < 1.29 is 0 Å². The summed E-state index contributed by atoms with van der Waals surface area (Å²) in [7, 11) is 0. The van der Waals surface area contributed by atoms with E-state index in [4.69, 9.17) is 0 Å². The summed E-state index contributed by atoms with van der Waals surface area (Å²) < 4.78 is 0. The third-order valence-corrected chi connectivity index (χ3v) is 6.98. The lowest BCUT2D eigenvalue weighted by Crippen LogP contribution is -2.18. The van der Waals surface area contributed by atoms with E-state index in [0.717, 1.165) is 37.8 Å². The molecule has 2 N–H and O–H groups in total. The van der Waals surface area contributed by atoms with Crippen LogP contribution in [0.3, 0.4) is 0 Å². The molecule has 0 amide bonds. The van der Waals surface area contributed by atoms with Crippen molar-refractivity contribution in [1.29, 1.82) is 0 Å². The Kier molecular flexibility index (Phi) is 10.3. The van der Waals surface area contributed by atoms with E-state index in [-0.39, 0.29) is 0 Å². The maximum absolute atomic E-state index is 3.79. The van der Waals surface area contributed by atoms with Gasteiger partial charge in [-0.2, -0.15) is 0 Å². The van der Waals surface area contributed by atoms with Crippen LogP contribution >= 0.6 is 0 Å². The first-order chi connectivity index (χ1) is 15.3. The average molecular weight is 421 g/mol. The second kappa shape index (κ2) is 13.5. The SMILES string of the molecule is CCCC(CCC)CNc1ccccc1CCc1ccccc1NCC1CCCCC1. The summed E-state index contributed by atoms with van der Waals surface area (Å²) in [6.07, 6.45) is 14.4. The summed E-state index contributed by atoms with van der Waals surface area (Å²) in [6, 6.07) is 17.8. The molecular weight excluding hydrogens is 376 g/mol. The Morgan fingerprint density at radius 3 is 1.87 bits per heavy atom. The molecule has 1 saturated carbocycles. The van der Waals surface area contributed by atoms with E-state index in [0.29, 0.717) is 0 Å². The topological polar surface area (TPSA) is 24.1 Å². The lowest BCUT2D eigenvalue weighted by molar-refractivity contribution is 0.373. The highest BCUT2D eigenvalue weighted by atomic mass is 14.9. The maximum Gasteiger partial charge on any atom is 0.0372 e. The lowest BCUT2D eigenvalue weighted by Gasteiger charge is -2.23. The molecule has 1 aliphatic rings. The van der Waals surface area contributed by atoms with E-state index in [1.807, 2.05) is 0 Å². The third-order valence-electron chi connectivity index (χ3n) is 6.98. The van der Waals surface area contributed by atoms with Crippen LogP contribution in [0, 0.1) is 11.8 Å². The second-order valence-electron chi connectivity index (χ2n) is 9.52. The monoisotopic (exact) mass is 420 g/mol. The molecule has 0 atom stereocenters. The number of nitrogens with one attached hydrogen (secondary N) is 2. The highest BCUT2D eigenvalue weighted by Crippen LogP contribution is 2.26. The van der Waals surface area contributed by atoms with E-state index in [1.54, 1.807) is 0 Å². The Balaban J connectivity index is 1.57. The number of benzene rings is 2. The van der Waals surface area contributed by atoms with Crippen LogP contribution in [0.5, 0.6) is 0 Å². The second-order valence-corrected chi connectivity index (χ2v) is 9.52. The predicted molar refractivity (Wildman–Crippen MR) is 137 cm³/mol. The minimum absolute atomic E-state index is 0.785. The van der Waals surface area contributed by atoms with Gasteiger partial charge < -0.3 is 10.6 Å². The maximum atomic E-state index is 3.79. The van der Waals surface area contributed by atoms with E-state index >= 15 is 0 Å². The zero-order valence-corrected chi connectivity index (χ0v) is 20.0. The van der Waals surface area contributed by atoms with Gasteiger partial charge in [0.15, 0.2) is 0 Å². The zero-order chi connectivity index (χ0) is 21.7. The molecule has 2 nitrogen and oxygen atoms in total. The molecule has 0 bridgehead atoms. The van der Waals surface area contributed by atoms with Gasteiger partial charge in [-0.15, -0.1) is 0 Å². The van der Waals surface area contributed by atoms with Crippen molar-refractivity contribution >= 4 is 11.4 Å². The Labute approximate surface area is 191 Å². The average Bonchev–Trinajstić information content (AvgIpc) is 2.82. The molecule has 0 aromatic heterocycles. The summed E-state index contributed by atoms with van der Waals surface area (Å²) in [6.45, 7) is 6.83. The summed E-state index contributed by atoms with van der Waals surface area (Å²) in [5, 5.41) is 7.57. The zero-order valence-electron chi connectivity index (χ0n) is 20.0. The van der Waals surface area contributed by atoms with Gasteiger partial charge in [0.05, 0.1) is 0 Å². The van der Waals surface area contributed by atoms with E-state index in [1.165, 1.54) is 80.3 Å². The van der Waals surface area contributed by atoms with Gasteiger partial charge in [-0.3, -0.25) is 0 Å². The summed E-state index contributed by atoms with van der Waals surface area (Å²) in [4.78, 5) is 0. The molecule has 170 valence electrons. The number of aryl methyl sites for hydroxylation is 2. The Morgan fingerprint density at radius 2 is 1.29 bits per heavy atom. The van der Waals surface area contributed by atoms with Gasteiger partial charge in [0.25, 0.3) is 0 Å². The number of hydrogen-bond donors (Lipinski definition) is 2. The van der Waals surface area contributed by atoms with Gasteiger partial charge in [0.1, 0.15) is 0 Å². The van der Waals surface area contributed by atoms with Gasteiger partial charge in [0.2, 0.25) is 0 Å². The highest BCUT2D eigenvalue weighted by molar-refractivity contribution is 5.54. The normalized spacial score (nSPS) is 14.7. The Hall–Kier alpha value is -1.96. The lowest BCUT2D eigenvalue weighted by atomic mass is 9.89. The van der Waals surface area contributed by atoms with E-state index in [2.05, 4.69) is 73.0 Å². The number of para-hydroxylation sites is 2. The highest BCUT2D eigenvalue weighted by Gasteiger charge is 2.14. The number of rotatable bonds is 13. The first kappa shape index (κ1) is 23.7. The fourth-order valence-corrected chi connectivity index (χ4v) is 5.16. The molecular formula is C29H44N2. The summed E-state index contributed by atoms with van der Waals surface area (Å²) in [5.41, 5.74) is 5.55. The molecule has 2 aromatic carbocycles. The predicted octanol–water partition coefficient (Wildman–Crippen LogP) is 8.09. The van der Waals surface area contributed by atoms with Gasteiger partial charge in [-0.1, -0.05) is 82.3 Å². The molecule has 3 rings (SSSR count). The van der Waals surface area contributed by atoms with Crippen LogP contribution in [0.4, 0.5) is 11.4 Å². The van der Waals surface area contributed by atoms with Crippen molar-refractivity contribution in [2.24, 2.45) is 11.8 Å². The van der Waals surface area contributed by atoms with Gasteiger partial charge in [-0.25, -0.2) is 0 Å². The molecule has 2 heteroatoms. The van der Waals surface area contributed by atoms with Crippen molar-refractivity contribution in [3.8, 4) is 0 Å². The molecule has 1 fully saturated rings. The van der Waals surface area contributed by atoms with E-state index in [9.17, 15) is 0 Å². The largest absolute Gasteiger partial charge is 0.385 e. The third kappa shape index (κ3) is 7.91. The summed E-state index contributed by atoms with van der Waals surface area (Å²) >= 11 is 0. The molecule has 0 heterocycles. The van der Waals surface area contributed by atoms with Crippen LogP contribution in [0.25, 0.3) is 0 Å². The minimum atomic E-state index is 0.785.